The van der Waals surface area contributed by atoms with E-state index in [4.69, 9.17) is 9.84 Å². The number of nitrogens with zero attached hydrogens (tertiary/aromatic N) is 1. The van der Waals surface area contributed by atoms with E-state index in [-0.39, 0.29) is 12.2 Å². The molecule has 8 heteroatoms. The fraction of sp³-hybridized carbons (Fsp3) is 0.636. The average molecular weight is 274 g/mol. The Kier molecular flexibility index (Phi) is 3.83. The highest BCUT2D eigenvalue weighted by Gasteiger charge is 2.40. The van der Waals surface area contributed by atoms with Gasteiger partial charge in [0.25, 0.3) is 5.56 Å². The van der Waals surface area contributed by atoms with Crippen molar-refractivity contribution in [2.45, 2.75) is 31.3 Å². The molecule has 0 bridgehead atoms. The first-order valence-electron chi connectivity index (χ1n) is 5.82. The molecule has 2 heterocycles. The highest BCUT2D eigenvalue weighted by atomic mass is 19.1. The zero-order valence-electron chi connectivity index (χ0n) is 10.2. The van der Waals surface area contributed by atoms with Gasteiger partial charge in [-0.1, -0.05) is 0 Å². The first-order chi connectivity index (χ1) is 8.95. The van der Waals surface area contributed by atoms with E-state index in [2.05, 4.69) is 4.98 Å². The van der Waals surface area contributed by atoms with Crippen LogP contribution in [0.15, 0.2) is 15.8 Å². The van der Waals surface area contributed by atoms with Crippen LogP contribution in [0.4, 0.5) is 4.39 Å². The molecular formula is C11H15FN2O5. The summed E-state index contributed by atoms with van der Waals surface area (Å²) in [6, 6.07) is -1.04. The van der Waals surface area contributed by atoms with E-state index in [1.807, 2.05) is 0 Å². The minimum absolute atomic E-state index is 0.172. The van der Waals surface area contributed by atoms with Crippen molar-refractivity contribution in [3.8, 4) is 0 Å². The first kappa shape index (κ1) is 13.9. The number of aliphatic hydroxyl groups is 2. The van der Waals surface area contributed by atoms with Crippen LogP contribution in [0.25, 0.3) is 0 Å². The number of nitrogens with one attached hydrogen (secondary N) is 1. The Morgan fingerprint density at radius 2 is 2.26 bits per heavy atom. The summed E-state index contributed by atoms with van der Waals surface area (Å²) < 4.78 is 20.2. The van der Waals surface area contributed by atoms with Crippen LogP contribution in [0.5, 0.6) is 0 Å². The number of hydrogen-bond acceptors (Lipinski definition) is 5. The summed E-state index contributed by atoms with van der Waals surface area (Å²) in [4.78, 5) is 25.0. The fourth-order valence-corrected chi connectivity index (χ4v) is 2.07. The number of aliphatic hydroxyl groups excluding tert-OH is 2. The van der Waals surface area contributed by atoms with Gasteiger partial charge in [-0.3, -0.25) is 14.3 Å². The van der Waals surface area contributed by atoms with Gasteiger partial charge >= 0.3 is 5.69 Å². The summed E-state index contributed by atoms with van der Waals surface area (Å²) in [5.74, 6) is 0. The molecule has 0 aromatic carbocycles. The van der Waals surface area contributed by atoms with Crippen molar-refractivity contribution in [1.29, 1.82) is 0 Å². The van der Waals surface area contributed by atoms with Crippen LogP contribution in [0, 0.1) is 6.92 Å². The predicted octanol–water partition coefficient (Wildman–Crippen LogP) is -1.52. The summed E-state index contributed by atoms with van der Waals surface area (Å²) in [5.41, 5.74) is -1.05. The molecule has 106 valence electrons. The number of aromatic amines is 1. The van der Waals surface area contributed by atoms with Gasteiger partial charge in [-0.25, -0.2) is 9.18 Å². The van der Waals surface area contributed by atoms with Crippen molar-refractivity contribution < 1.29 is 19.3 Å². The second-order valence-electron chi connectivity index (χ2n) is 4.54. The number of aromatic nitrogens is 2. The number of aryl methyl sites for hydroxylation is 1. The molecule has 7 nitrogen and oxygen atoms in total. The summed E-state index contributed by atoms with van der Waals surface area (Å²) in [7, 11) is 0. The lowest BCUT2D eigenvalue weighted by atomic mass is 9.99. The van der Waals surface area contributed by atoms with Crippen LogP contribution >= 0.6 is 0 Å². The van der Waals surface area contributed by atoms with Gasteiger partial charge in [0.1, 0.15) is 12.2 Å². The molecule has 1 aromatic heterocycles. The second kappa shape index (κ2) is 5.24. The van der Waals surface area contributed by atoms with Gasteiger partial charge in [0.15, 0.2) is 6.17 Å². The minimum atomic E-state index is -1.77. The van der Waals surface area contributed by atoms with Crippen molar-refractivity contribution in [2.24, 2.45) is 0 Å². The molecule has 0 spiro atoms. The fourth-order valence-electron chi connectivity index (χ4n) is 2.07. The standard InChI is InChI=1S/C11H15FN2O5/c1-5-2-14(11(18)13-10(5)17)6-4-19-7(3-15)9(16)8(6)12/h2,6-9,15-16H,3-4H2,1H3,(H,13,17,18). The molecule has 3 N–H and O–H groups in total. The summed E-state index contributed by atoms with van der Waals surface area (Å²) in [6.07, 6.45) is -3.07. The second-order valence-corrected chi connectivity index (χ2v) is 4.54. The van der Waals surface area contributed by atoms with Gasteiger partial charge in [0.05, 0.1) is 19.3 Å². The minimum Gasteiger partial charge on any atom is -0.394 e. The Balaban J connectivity index is 2.35. The normalized spacial score (nSPS) is 31.4. The topological polar surface area (TPSA) is 105 Å². The molecule has 4 unspecified atom stereocenters. The molecule has 0 saturated carbocycles. The maximum atomic E-state index is 14.1. The number of halogens is 1. The van der Waals surface area contributed by atoms with E-state index in [0.29, 0.717) is 0 Å². The monoisotopic (exact) mass is 274 g/mol. The lowest BCUT2D eigenvalue weighted by Crippen LogP contribution is -2.52. The predicted molar refractivity (Wildman–Crippen MR) is 62.8 cm³/mol. The molecule has 1 fully saturated rings. The molecule has 1 aromatic rings. The molecule has 0 radical (unpaired) electrons. The summed E-state index contributed by atoms with van der Waals surface area (Å²) >= 11 is 0. The van der Waals surface area contributed by atoms with E-state index in [0.717, 1.165) is 4.57 Å². The maximum Gasteiger partial charge on any atom is 0.328 e. The van der Waals surface area contributed by atoms with E-state index in [1.165, 1.54) is 13.1 Å². The van der Waals surface area contributed by atoms with Crippen molar-refractivity contribution in [1.82, 2.24) is 9.55 Å². The molecule has 19 heavy (non-hydrogen) atoms. The quantitative estimate of drug-likeness (QED) is 0.607. The van der Waals surface area contributed by atoms with Crippen LogP contribution in [-0.2, 0) is 4.74 Å². The van der Waals surface area contributed by atoms with Gasteiger partial charge in [-0.15, -0.1) is 0 Å². The third kappa shape index (κ3) is 2.46. The number of hydrogen-bond donors (Lipinski definition) is 3. The molecule has 0 aliphatic carbocycles. The third-order valence-electron chi connectivity index (χ3n) is 3.24. The molecular weight excluding hydrogens is 259 g/mol. The lowest BCUT2D eigenvalue weighted by Gasteiger charge is -2.36. The zero-order valence-corrected chi connectivity index (χ0v) is 10.2. The molecule has 1 aliphatic heterocycles. The van der Waals surface area contributed by atoms with Crippen LogP contribution in [0.3, 0.4) is 0 Å². The highest BCUT2D eigenvalue weighted by Crippen LogP contribution is 2.26. The van der Waals surface area contributed by atoms with Crippen molar-refractivity contribution in [3.63, 3.8) is 0 Å². The van der Waals surface area contributed by atoms with Gasteiger partial charge in [-0.2, -0.15) is 0 Å². The third-order valence-corrected chi connectivity index (χ3v) is 3.24. The van der Waals surface area contributed by atoms with E-state index < -0.39 is 42.3 Å². The zero-order chi connectivity index (χ0) is 14.2. The molecule has 4 atom stereocenters. The first-order valence-corrected chi connectivity index (χ1v) is 5.82. The largest absolute Gasteiger partial charge is 0.394 e. The van der Waals surface area contributed by atoms with Gasteiger partial charge in [0, 0.05) is 11.8 Å². The van der Waals surface area contributed by atoms with Crippen LogP contribution < -0.4 is 11.2 Å². The van der Waals surface area contributed by atoms with Crippen LogP contribution in [-0.4, -0.2) is 51.4 Å². The number of H-pyrrole nitrogens is 1. The van der Waals surface area contributed by atoms with Crippen molar-refractivity contribution in [3.05, 3.63) is 32.6 Å². The Bertz CT molecular complexity index is 569. The van der Waals surface area contributed by atoms with Gasteiger partial charge in [-0.05, 0) is 6.92 Å². The van der Waals surface area contributed by atoms with Crippen molar-refractivity contribution in [2.75, 3.05) is 13.2 Å². The maximum absolute atomic E-state index is 14.1. The summed E-state index contributed by atoms with van der Waals surface area (Å²) in [5, 5.41) is 18.5. The smallest absolute Gasteiger partial charge is 0.328 e. The highest BCUT2D eigenvalue weighted by molar-refractivity contribution is 5.03. The Hall–Kier alpha value is -1.51. The van der Waals surface area contributed by atoms with Crippen LogP contribution in [0.1, 0.15) is 11.6 Å². The average Bonchev–Trinajstić information content (AvgIpc) is 2.37. The van der Waals surface area contributed by atoms with Crippen molar-refractivity contribution >= 4 is 0 Å². The number of rotatable bonds is 2. The van der Waals surface area contributed by atoms with E-state index in [9.17, 15) is 19.1 Å². The molecule has 1 aliphatic rings. The van der Waals surface area contributed by atoms with E-state index >= 15 is 0 Å². The lowest BCUT2D eigenvalue weighted by molar-refractivity contribution is -0.149. The molecule has 0 amide bonds. The Morgan fingerprint density at radius 1 is 1.58 bits per heavy atom. The molecule has 1 saturated heterocycles. The molecule has 2 rings (SSSR count). The Labute approximate surface area is 107 Å². The van der Waals surface area contributed by atoms with E-state index in [1.54, 1.807) is 0 Å². The van der Waals surface area contributed by atoms with Gasteiger partial charge in [0.2, 0.25) is 0 Å². The SMILES string of the molecule is Cc1cn(C2COC(CO)C(O)C2F)c(=O)[nH]c1=O. The number of ether oxygens (including phenoxy) is 1. The van der Waals surface area contributed by atoms with Crippen LogP contribution in [0.2, 0.25) is 0 Å². The number of alkyl halides is 1. The van der Waals surface area contributed by atoms with Gasteiger partial charge < -0.3 is 14.9 Å². The Morgan fingerprint density at radius 3 is 2.89 bits per heavy atom. The summed E-state index contributed by atoms with van der Waals surface area (Å²) in [6.45, 7) is 0.807.